The molecule has 10 nitrogen and oxygen atoms in total. The van der Waals surface area contributed by atoms with E-state index in [9.17, 15) is 4.79 Å². The third-order valence-corrected chi connectivity index (χ3v) is 6.80. The summed E-state index contributed by atoms with van der Waals surface area (Å²) in [6.07, 6.45) is 8.67. The Bertz CT molecular complexity index is 1150. The molecule has 2 aliphatic rings. The number of nitrogens with zero attached hydrogens (tertiary/aromatic N) is 7. The number of anilines is 3. The number of hydrogen-bond acceptors (Lipinski definition) is 8. The van der Waals surface area contributed by atoms with Crippen LogP contribution >= 0.6 is 11.6 Å². The van der Waals surface area contributed by atoms with Gasteiger partial charge in [-0.2, -0.15) is 0 Å². The summed E-state index contributed by atoms with van der Waals surface area (Å²) >= 11 is 5.98. The highest BCUT2D eigenvalue weighted by molar-refractivity contribution is 6.30. The van der Waals surface area contributed by atoms with Gasteiger partial charge in [0.15, 0.2) is 11.5 Å². The Balaban J connectivity index is 1.30. The van der Waals surface area contributed by atoms with Gasteiger partial charge in [-0.15, -0.1) is 5.10 Å². The van der Waals surface area contributed by atoms with Crippen LogP contribution in [0.25, 0.3) is 5.65 Å². The minimum Gasteiger partial charge on any atom is -0.381 e. The smallest absolute Gasteiger partial charge is 0.263 e. The number of piperazine rings is 1. The van der Waals surface area contributed by atoms with Crippen molar-refractivity contribution < 1.29 is 4.79 Å². The molecule has 174 valence electrons. The molecule has 0 aromatic carbocycles. The van der Waals surface area contributed by atoms with Gasteiger partial charge >= 0.3 is 0 Å². The Labute approximate surface area is 197 Å². The molecule has 0 saturated carbocycles. The van der Waals surface area contributed by atoms with Gasteiger partial charge in [0.1, 0.15) is 5.56 Å². The average Bonchev–Trinajstić information content (AvgIpc) is 3.15. The molecule has 0 aliphatic carbocycles. The van der Waals surface area contributed by atoms with Gasteiger partial charge < -0.3 is 20.9 Å². The lowest BCUT2D eigenvalue weighted by Gasteiger charge is -2.42. The van der Waals surface area contributed by atoms with E-state index in [4.69, 9.17) is 17.3 Å². The van der Waals surface area contributed by atoms with Crippen molar-refractivity contribution in [1.82, 2.24) is 29.4 Å². The van der Waals surface area contributed by atoms with Crippen molar-refractivity contribution in [3.8, 4) is 0 Å². The number of rotatable bonds is 4. The predicted molar refractivity (Wildman–Crippen MR) is 129 cm³/mol. The summed E-state index contributed by atoms with van der Waals surface area (Å²) in [6.45, 7) is 6.41. The lowest BCUT2D eigenvalue weighted by molar-refractivity contribution is 0.0982. The topological polar surface area (TPSA) is 108 Å². The van der Waals surface area contributed by atoms with Crippen LogP contribution in [0.15, 0.2) is 30.9 Å². The van der Waals surface area contributed by atoms with Gasteiger partial charge in [0.25, 0.3) is 5.91 Å². The first-order chi connectivity index (χ1) is 16.0. The third-order valence-electron chi connectivity index (χ3n) is 6.60. The van der Waals surface area contributed by atoms with Crippen LogP contribution in [-0.2, 0) is 0 Å². The highest BCUT2D eigenvalue weighted by Gasteiger charge is 2.28. The number of nitrogen functional groups attached to an aromatic ring is 1. The third kappa shape index (κ3) is 4.46. The fourth-order valence-corrected chi connectivity index (χ4v) is 4.89. The summed E-state index contributed by atoms with van der Waals surface area (Å²) in [4.78, 5) is 28.9. The quantitative estimate of drug-likeness (QED) is 0.595. The van der Waals surface area contributed by atoms with E-state index in [1.54, 1.807) is 18.6 Å². The summed E-state index contributed by atoms with van der Waals surface area (Å²) in [5.74, 6) is -0.278. The largest absolute Gasteiger partial charge is 0.381 e. The van der Waals surface area contributed by atoms with Crippen LogP contribution in [0, 0.1) is 0 Å². The molecule has 3 aromatic rings. The first-order valence-corrected chi connectivity index (χ1v) is 11.6. The summed E-state index contributed by atoms with van der Waals surface area (Å²) in [6, 6.07) is 2.56. The maximum atomic E-state index is 13.1. The number of nitrogens with one attached hydrogen (secondary N) is 1. The fourth-order valence-electron chi connectivity index (χ4n) is 4.75. The Morgan fingerprint density at radius 3 is 2.67 bits per heavy atom. The van der Waals surface area contributed by atoms with E-state index in [1.165, 1.54) is 10.7 Å². The van der Waals surface area contributed by atoms with Gasteiger partial charge in [-0.3, -0.25) is 14.7 Å². The van der Waals surface area contributed by atoms with Crippen LogP contribution in [0.1, 0.15) is 23.2 Å². The molecule has 5 rings (SSSR count). The van der Waals surface area contributed by atoms with Gasteiger partial charge in [0.2, 0.25) is 0 Å². The van der Waals surface area contributed by atoms with E-state index in [0.29, 0.717) is 22.4 Å². The normalized spacial score (nSPS) is 18.7. The van der Waals surface area contributed by atoms with Crippen molar-refractivity contribution in [1.29, 1.82) is 0 Å². The van der Waals surface area contributed by atoms with E-state index in [0.717, 1.165) is 57.8 Å². The second-order valence-corrected chi connectivity index (χ2v) is 9.14. The Hall–Kier alpha value is -2.95. The molecule has 2 saturated heterocycles. The fraction of sp³-hybridized carbons (Fsp3) is 0.455. The van der Waals surface area contributed by atoms with Gasteiger partial charge in [-0.05, 0) is 26.0 Å². The molecule has 3 N–H and O–H groups in total. The van der Waals surface area contributed by atoms with Gasteiger partial charge in [-0.1, -0.05) is 11.6 Å². The summed E-state index contributed by atoms with van der Waals surface area (Å²) in [5, 5.41) is 7.54. The summed E-state index contributed by atoms with van der Waals surface area (Å²) in [5.41, 5.74) is 8.20. The monoisotopic (exact) mass is 469 g/mol. The summed E-state index contributed by atoms with van der Waals surface area (Å²) in [7, 11) is 2.19. The maximum Gasteiger partial charge on any atom is 0.263 e. The maximum absolute atomic E-state index is 13.1. The number of fused-ring (bicyclic) bond motifs is 1. The predicted octanol–water partition coefficient (Wildman–Crippen LogP) is 1.83. The number of carbonyl (C=O) groups is 1. The van der Waals surface area contributed by atoms with E-state index in [-0.39, 0.29) is 17.3 Å². The van der Waals surface area contributed by atoms with Crippen LogP contribution in [0.4, 0.5) is 17.2 Å². The van der Waals surface area contributed by atoms with Crippen LogP contribution in [0.2, 0.25) is 5.02 Å². The highest BCUT2D eigenvalue weighted by Crippen LogP contribution is 2.30. The number of hydrogen-bond donors (Lipinski definition) is 2. The molecule has 5 heterocycles. The Kier molecular flexibility index (Phi) is 6.05. The average molecular weight is 470 g/mol. The van der Waals surface area contributed by atoms with Crippen LogP contribution in [-0.4, -0.2) is 87.6 Å². The van der Waals surface area contributed by atoms with Crippen molar-refractivity contribution in [2.75, 3.05) is 62.3 Å². The van der Waals surface area contributed by atoms with Crippen molar-refractivity contribution >= 4 is 40.3 Å². The lowest BCUT2D eigenvalue weighted by atomic mass is 10.0. The minimum atomic E-state index is -0.376. The van der Waals surface area contributed by atoms with E-state index < -0.39 is 0 Å². The van der Waals surface area contributed by atoms with E-state index in [2.05, 4.69) is 42.1 Å². The van der Waals surface area contributed by atoms with Crippen molar-refractivity contribution in [2.45, 2.75) is 18.9 Å². The first kappa shape index (κ1) is 21.9. The molecular formula is C22H28ClN9O. The number of likely N-dealkylation sites (N-methyl/N-ethyl adjacent to an activating group) is 1. The molecule has 0 atom stereocenters. The Morgan fingerprint density at radius 1 is 1.15 bits per heavy atom. The van der Waals surface area contributed by atoms with Gasteiger partial charge in [-0.25, -0.2) is 9.50 Å². The number of nitrogens with two attached hydrogens (primary N) is 1. The zero-order valence-electron chi connectivity index (χ0n) is 18.6. The van der Waals surface area contributed by atoms with Crippen LogP contribution in [0.3, 0.4) is 0 Å². The second-order valence-electron chi connectivity index (χ2n) is 8.71. The zero-order chi connectivity index (χ0) is 22.9. The number of halogens is 1. The Morgan fingerprint density at radius 2 is 1.91 bits per heavy atom. The molecular weight excluding hydrogens is 442 g/mol. The standard InChI is InChI=1S/C22H28ClN9O/c1-29-8-10-30(11-9-29)16-3-6-31(7-4-16)18-2-5-25-13-17(18)27-22(33)19-20(24)28-32-14-15(23)12-26-21(19)32/h2,5,12-14,16H,3-4,6-11H2,1H3,(H2,24,28)(H,27,33). The number of pyridine rings is 1. The minimum absolute atomic E-state index is 0.0979. The van der Waals surface area contributed by atoms with Crippen LogP contribution < -0.4 is 16.0 Å². The lowest BCUT2D eigenvalue weighted by Crippen LogP contribution is -2.52. The molecule has 2 aliphatic heterocycles. The number of amides is 1. The van der Waals surface area contributed by atoms with Crippen molar-refractivity contribution in [3.05, 3.63) is 41.4 Å². The molecule has 33 heavy (non-hydrogen) atoms. The SMILES string of the molecule is CN1CCN(C2CCN(c3ccncc3NC(=O)c3c(N)nn4cc(Cl)cnc34)CC2)CC1. The van der Waals surface area contributed by atoms with Gasteiger partial charge in [0, 0.05) is 57.7 Å². The number of carbonyl (C=O) groups excluding carboxylic acids is 1. The van der Waals surface area contributed by atoms with E-state index in [1.807, 2.05) is 6.07 Å². The van der Waals surface area contributed by atoms with Crippen molar-refractivity contribution in [3.63, 3.8) is 0 Å². The van der Waals surface area contributed by atoms with E-state index >= 15 is 0 Å². The molecule has 3 aromatic heterocycles. The van der Waals surface area contributed by atoms with Crippen molar-refractivity contribution in [2.24, 2.45) is 0 Å². The molecule has 0 radical (unpaired) electrons. The molecule has 11 heteroatoms. The second kappa shape index (κ2) is 9.12. The number of aromatic nitrogens is 4. The number of piperidine rings is 1. The molecule has 0 spiro atoms. The summed E-state index contributed by atoms with van der Waals surface area (Å²) < 4.78 is 1.42. The molecule has 1 amide bonds. The highest BCUT2D eigenvalue weighted by atomic mass is 35.5. The molecule has 0 unspecified atom stereocenters. The van der Waals surface area contributed by atoms with Gasteiger partial charge in [0.05, 0.1) is 28.8 Å². The van der Waals surface area contributed by atoms with Crippen LogP contribution in [0.5, 0.6) is 0 Å². The first-order valence-electron chi connectivity index (χ1n) is 11.2. The molecule has 0 bridgehead atoms. The zero-order valence-corrected chi connectivity index (χ0v) is 19.4. The molecule has 2 fully saturated rings.